The zero-order chi connectivity index (χ0) is 17.0. The van der Waals surface area contributed by atoms with Gasteiger partial charge in [-0.3, -0.25) is 0 Å². The van der Waals surface area contributed by atoms with Gasteiger partial charge in [0.15, 0.2) is 5.96 Å². The first-order valence-corrected chi connectivity index (χ1v) is 8.53. The van der Waals surface area contributed by atoms with Crippen molar-refractivity contribution in [2.45, 2.75) is 33.5 Å². The number of hydrogen-bond donors (Lipinski definition) is 2. The molecule has 0 aliphatic rings. The second-order valence-electron chi connectivity index (χ2n) is 5.49. The van der Waals surface area contributed by atoms with E-state index in [4.69, 9.17) is 4.74 Å². The predicted molar refractivity (Wildman–Crippen MR) is 115 cm³/mol. The Morgan fingerprint density at radius 2 is 1.56 bits per heavy atom. The molecule has 0 heterocycles. The summed E-state index contributed by atoms with van der Waals surface area (Å²) in [4.78, 5) is 4.63. The van der Waals surface area contributed by atoms with Gasteiger partial charge in [0.05, 0.1) is 13.2 Å². The molecule has 0 atom stereocenters. The summed E-state index contributed by atoms with van der Waals surface area (Å²) in [5.74, 6) is 0.833. The van der Waals surface area contributed by atoms with Crippen LogP contribution in [0.15, 0.2) is 59.6 Å². The third-order valence-electron chi connectivity index (χ3n) is 3.56. The molecule has 0 saturated carbocycles. The summed E-state index contributed by atoms with van der Waals surface area (Å²) in [6, 6.07) is 18.7. The van der Waals surface area contributed by atoms with Crippen molar-refractivity contribution in [3.8, 4) is 0 Å². The molecule has 0 bridgehead atoms. The van der Waals surface area contributed by atoms with Crippen molar-refractivity contribution in [2.24, 2.45) is 4.99 Å². The standard InChI is InChI=1S/C20H27N3O.HI/c1-3-21-20(22-14-17-8-6-5-7-9-17)23-15-18-10-12-19(13-11-18)16-24-4-2;/h5-13H,3-4,14-16H2,1-2H3,(H2,21,22,23);1H. The number of nitrogens with one attached hydrogen (secondary N) is 2. The minimum absolute atomic E-state index is 0. The molecule has 2 rings (SSSR count). The number of benzene rings is 2. The van der Waals surface area contributed by atoms with E-state index in [2.05, 4.69) is 58.9 Å². The lowest BCUT2D eigenvalue weighted by Gasteiger charge is -2.12. The van der Waals surface area contributed by atoms with Gasteiger partial charge in [0, 0.05) is 19.7 Å². The monoisotopic (exact) mass is 453 g/mol. The molecule has 0 aromatic heterocycles. The fraction of sp³-hybridized carbons (Fsp3) is 0.350. The van der Waals surface area contributed by atoms with E-state index in [-0.39, 0.29) is 24.0 Å². The highest BCUT2D eigenvalue weighted by Crippen LogP contribution is 2.06. The van der Waals surface area contributed by atoms with Gasteiger partial charge in [0.1, 0.15) is 0 Å². The number of aliphatic imine (C=N–C) groups is 1. The van der Waals surface area contributed by atoms with Gasteiger partial charge in [0.2, 0.25) is 0 Å². The average Bonchev–Trinajstić information content (AvgIpc) is 2.64. The number of hydrogen-bond acceptors (Lipinski definition) is 2. The summed E-state index contributed by atoms with van der Waals surface area (Å²) in [5, 5.41) is 6.66. The van der Waals surface area contributed by atoms with Crippen LogP contribution < -0.4 is 10.6 Å². The predicted octanol–water partition coefficient (Wildman–Crippen LogP) is 4.10. The molecule has 4 nitrogen and oxygen atoms in total. The maximum atomic E-state index is 5.42. The number of guanidine groups is 1. The van der Waals surface area contributed by atoms with E-state index in [0.29, 0.717) is 13.2 Å². The van der Waals surface area contributed by atoms with Gasteiger partial charge in [-0.25, -0.2) is 4.99 Å². The molecule has 0 aliphatic carbocycles. The molecule has 0 aliphatic heterocycles. The highest BCUT2D eigenvalue weighted by atomic mass is 127. The number of ether oxygens (including phenoxy) is 1. The highest BCUT2D eigenvalue weighted by Gasteiger charge is 1.99. The van der Waals surface area contributed by atoms with E-state index in [1.165, 1.54) is 16.7 Å². The lowest BCUT2D eigenvalue weighted by molar-refractivity contribution is 0.134. The zero-order valence-corrected chi connectivity index (χ0v) is 17.3. The molecular formula is C20H28IN3O. The maximum Gasteiger partial charge on any atom is 0.191 e. The Bertz CT molecular complexity index is 615. The summed E-state index contributed by atoms with van der Waals surface area (Å²) in [6.45, 7) is 7.75. The molecule has 136 valence electrons. The van der Waals surface area contributed by atoms with E-state index in [0.717, 1.165) is 25.7 Å². The van der Waals surface area contributed by atoms with E-state index >= 15 is 0 Å². The lowest BCUT2D eigenvalue weighted by Crippen LogP contribution is -2.36. The summed E-state index contributed by atoms with van der Waals surface area (Å²) in [7, 11) is 0. The third kappa shape index (κ3) is 8.36. The van der Waals surface area contributed by atoms with Gasteiger partial charge >= 0.3 is 0 Å². The Morgan fingerprint density at radius 1 is 0.880 bits per heavy atom. The van der Waals surface area contributed by atoms with Crippen LogP contribution in [-0.2, 0) is 24.4 Å². The van der Waals surface area contributed by atoms with E-state index in [1.807, 2.05) is 25.1 Å². The molecule has 0 amide bonds. The summed E-state index contributed by atoms with van der Waals surface area (Å²) >= 11 is 0. The first kappa shape index (κ1) is 21.4. The Balaban J connectivity index is 0.00000312. The van der Waals surface area contributed by atoms with Crippen molar-refractivity contribution < 1.29 is 4.74 Å². The number of nitrogens with zero attached hydrogens (tertiary/aromatic N) is 1. The fourth-order valence-corrected chi connectivity index (χ4v) is 2.25. The van der Waals surface area contributed by atoms with Crippen molar-refractivity contribution in [3.05, 3.63) is 71.3 Å². The van der Waals surface area contributed by atoms with E-state index < -0.39 is 0 Å². The first-order valence-electron chi connectivity index (χ1n) is 8.53. The maximum absolute atomic E-state index is 5.42. The van der Waals surface area contributed by atoms with Crippen molar-refractivity contribution in [3.63, 3.8) is 0 Å². The SMILES string of the molecule is CCNC(=NCc1ccccc1)NCc1ccc(COCC)cc1.I. The van der Waals surface area contributed by atoms with Crippen LogP contribution in [0.25, 0.3) is 0 Å². The number of rotatable bonds is 8. The van der Waals surface area contributed by atoms with Crippen LogP contribution in [0.2, 0.25) is 0 Å². The van der Waals surface area contributed by atoms with Gasteiger partial charge in [-0.1, -0.05) is 54.6 Å². The van der Waals surface area contributed by atoms with Crippen LogP contribution in [0.4, 0.5) is 0 Å². The van der Waals surface area contributed by atoms with Crippen LogP contribution in [-0.4, -0.2) is 19.1 Å². The normalized spacial score (nSPS) is 10.9. The molecule has 0 radical (unpaired) electrons. The molecule has 5 heteroatoms. The third-order valence-corrected chi connectivity index (χ3v) is 3.56. The van der Waals surface area contributed by atoms with Crippen molar-refractivity contribution in [1.29, 1.82) is 0 Å². The van der Waals surface area contributed by atoms with Gasteiger partial charge < -0.3 is 15.4 Å². The van der Waals surface area contributed by atoms with Gasteiger partial charge in [-0.15, -0.1) is 24.0 Å². The largest absolute Gasteiger partial charge is 0.377 e. The molecule has 0 fully saturated rings. The second kappa shape index (κ2) is 12.7. The molecule has 2 aromatic rings. The molecule has 2 aromatic carbocycles. The molecule has 2 N–H and O–H groups in total. The van der Waals surface area contributed by atoms with Crippen LogP contribution >= 0.6 is 24.0 Å². The van der Waals surface area contributed by atoms with Gasteiger partial charge in [0.25, 0.3) is 0 Å². The molecular weight excluding hydrogens is 425 g/mol. The number of halogens is 1. The Hall–Kier alpha value is -1.60. The highest BCUT2D eigenvalue weighted by molar-refractivity contribution is 14.0. The summed E-state index contributed by atoms with van der Waals surface area (Å²) < 4.78 is 5.42. The minimum Gasteiger partial charge on any atom is -0.377 e. The molecule has 0 spiro atoms. The van der Waals surface area contributed by atoms with Crippen molar-refractivity contribution in [1.82, 2.24) is 10.6 Å². The minimum atomic E-state index is 0. The average molecular weight is 453 g/mol. The van der Waals surface area contributed by atoms with Crippen LogP contribution in [0.1, 0.15) is 30.5 Å². The molecule has 25 heavy (non-hydrogen) atoms. The zero-order valence-electron chi connectivity index (χ0n) is 15.0. The summed E-state index contributed by atoms with van der Waals surface area (Å²) in [5.41, 5.74) is 3.63. The second-order valence-corrected chi connectivity index (χ2v) is 5.49. The quantitative estimate of drug-likeness (QED) is 0.360. The van der Waals surface area contributed by atoms with Crippen molar-refractivity contribution >= 4 is 29.9 Å². The van der Waals surface area contributed by atoms with Gasteiger partial charge in [-0.2, -0.15) is 0 Å². The summed E-state index contributed by atoms with van der Waals surface area (Å²) in [6.07, 6.45) is 0. The topological polar surface area (TPSA) is 45.7 Å². The van der Waals surface area contributed by atoms with Crippen molar-refractivity contribution in [2.75, 3.05) is 13.2 Å². The van der Waals surface area contributed by atoms with E-state index in [9.17, 15) is 0 Å². The lowest BCUT2D eigenvalue weighted by atomic mass is 10.1. The smallest absolute Gasteiger partial charge is 0.191 e. The van der Waals surface area contributed by atoms with Gasteiger partial charge in [-0.05, 0) is 30.5 Å². The van der Waals surface area contributed by atoms with Crippen LogP contribution in [0.3, 0.4) is 0 Å². The molecule has 0 unspecified atom stereocenters. The first-order chi connectivity index (χ1) is 11.8. The Morgan fingerprint density at radius 3 is 2.20 bits per heavy atom. The molecule has 0 saturated heterocycles. The Labute approximate surface area is 168 Å². The fourth-order valence-electron chi connectivity index (χ4n) is 2.25. The van der Waals surface area contributed by atoms with Crippen LogP contribution in [0.5, 0.6) is 0 Å². The Kier molecular flexibility index (Phi) is 10.9. The van der Waals surface area contributed by atoms with Crippen LogP contribution in [0, 0.1) is 0 Å². The van der Waals surface area contributed by atoms with E-state index in [1.54, 1.807) is 0 Å².